The average molecular weight is 391 g/mol. The quantitative estimate of drug-likeness (QED) is 0.561. The van der Waals surface area contributed by atoms with Crippen molar-refractivity contribution < 1.29 is 9.21 Å². The minimum Gasteiger partial charge on any atom is -0.459 e. The van der Waals surface area contributed by atoms with Crippen LogP contribution >= 0.6 is 23.8 Å². The first-order valence-corrected chi connectivity index (χ1v) is 8.59. The SMILES string of the molecule is O=C(CCc1n[nH]c(=S)[nH]c1=O)NCc1ccc(-c2ccc(Cl)cc2)o1. The van der Waals surface area contributed by atoms with Gasteiger partial charge in [0.15, 0.2) is 4.77 Å². The standard InChI is InChI=1S/C17H15ClN4O3S/c18-11-3-1-10(2-4-11)14-7-5-12(25-14)9-19-15(23)8-6-13-16(24)20-17(26)22-21-13/h1-5,7H,6,8-9H2,(H,19,23)(H2,20,22,24,26). The Morgan fingerprint density at radius 3 is 2.73 bits per heavy atom. The number of furan rings is 1. The van der Waals surface area contributed by atoms with Crippen LogP contribution in [0.15, 0.2) is 45.6 Å². The molecule has 3 rings (SSSR count). The molecule has 0 aliphatic carbocycles. The lowest BCUT2D eigenvalue weighted by Crippen LogP contribution is -2.25. The van der Waals surface area contributed by atoms with E-state index in [0.717, 1.165) is 5.56 Å². The molecular weight excluding hydrogens is 376 g/mol. The van der Waals surface area contributed by atoms with Crippen LogP contribution in [0.5, 0.6) is 0 Å². The number of aryl methyl sites for hydroxylation is 1. The van der Waals surface area contributed by atoms with E-state index in [9.17, 15) is 9.59 Å². The summed E-state index contributed by atoms with van der Waals surface area (Å²) in [7, 11) is 0. The van der Waals surface area contributed by atoms with Gasteiger partial charge in [-0.05, 0) is 48.6 Å². The maximum Gasteiger partial charge on any atom is 0.273 e. The molecule has 3 N–H and O–H groups in total. The van der Waals surface area contributed by atoms with Gasteiger partial charge in [0, 0.05) is 23.4 Å². The first kappa shape index (κ1) is 18.1. The molecule has 0 aliphatic heterocycles. The number of rotatable bonds is 6. The zero-order valence-electron chi connectivity index (χ0n) is 13.5. The van der Waals surface area contributed by atoms with Gasteiger partial charge >= 0.3 is 0 Å². The lowest BCUT2D eigenvalue weighted by atomic mass is 10.2. The number of aromatic nitrogens is 3. The van der Waals surface area contributed by atoms with Crippen LogP contribution in [-0.4, -0.2) is 21.1 Å². The zero-order chi connectivity index (χ0) is 18.5. The third kappa shape index (κ3) is 4.68. The number of benzene rings is 1. The monoisotopic (exact) mass is 390 g/mol. The van der Waals surface area contributed by atoms with Crippen LogP contribution in [-0.2, 0) is 17.8 Å². The molecule has 0 spiro atoms. The van der Waals surface area contributed by atoms with Gasteiger partial charge < -0.3 is 9.73 Å². The van der Waals surface area contributed by atoms with Crippen LogP contribution in [0.25, 0.3) is 11.3 Å². The van der Waals surface area contributed by atoms with E-state index in [2.05, 4.69) is 20.5 Å². The normalized spacial score (nSPS) is 10.7. The van der Waals surface area contributed by atoms with Crippen LogP contribution in [0.3, 0.4) is 0 Å². The van der Waals surface area contributed by atoms with Crippen LogP contribution < -0.4 is 10.9 Å². The summed E-state index contributed by atoms with van der Waals surface area (Å²) >= 11 is 10.6. The number of amides is 1. The van der Waals surface area contributed by atoms with Crippen molar-refractivity contribution in [1.29, 1.82) is 0 Å². The predicted molar refractivity (Wildman–Crippen MR) is 99.4 cm³/mol. The van der Waals surface area contributed by atoms with Crippen molar-refractivity contribution in [3.05, 3.63) is 68.0 Å². The van der Waals surface area contributed by atoms with Gasteiger partial charge in [0.05, 0.1) is 6.54 Å². The Hall–Kier alpha value is -2.71. The predicted octanol–water partition coefficient (Wildman–Crippen LogP) is 2.99. The number of H-pyrrole nitrogens is 2. The minimum absolute atomic E-state index is 0.130. The number of nitrogens with zero attached hydrogens (tertiary/aromatic N) is 1. The van der Waals surface area contributed by atoms with Gasteiger partial charge in [0.2, 0.25) is 5.91 Å². The summed E-state index contributed by atoms with van der Waals surface area (Å²) in [5.74, 6) is 1.11. The van der Waals surface area contributed by atoms with E-state index in [1.807, 2.05) is 18.2 Å². The van der Waals surface area contributed by atoms with Crippen molar-refractivity contribution in [1.82, 2.24) is 20.5 Å². The highest BCUT2D eigenvalue weighted by molar-refractivity contribution is 7.71. The Bertz CT molecular complexity index is 1020. The molecule has 2 heterocycles. The van der Waals surface area contributed by atoms with Crippen LogP contribution in [0.4, 0.5) is 0 Å². The van der Waals surface area contributed by atoms with E-state index in [0.29, 0.717) is 16.5 Å². The zero-order valence-corrected chi connectivity index (χ0v) is 15.1. The fourth-order valence-electron chi connectivity index (χ4n) is 2.29. The van der Waals surface area contributed by atoms with Gasteiger partial charge in [-0.15, -0.1) is 0 Å². The maximum absolute atomic E-state index is 11.9. The molecule has 1 aromatic carbocycles. The highest BCUT2D eigenvalue weighted by Gasteiger charge is 2.09. The number of hydrogen-bond acceptors (Lipinski definition) is 5. The largest absolute Gasteiger partial charge is 0.459 e. The van der Waals surface area contributed by atoms with Crippen molar-refractivity contribution in [3.8, 4) is 11.3 Å². The van der Waals surface area contributed by atoms with Gasteiger partial charge in [-0.25, -0.2) is 0 Å². The van der Waals surface area contributed by atoms with E-state index in [1.165, 1.54) is 0 Å². The third-order valence-corrected chi connectivity index (χ3v) is 4.07. The maximum atomic E-state index is 11.9. The van der Waals surface area contributed by atoms with Crippen LogP contribution in [0, 0.1) is 4.77 Å². The Kier molecular flexibility index (Phi) is 5.65. The van der Waals surface area contributed by atoms with E-state index < -0.39 is 0 Å². The highest BCUT2D eigenvalue weighted by atomic mass is 35.5. The number of carbonyl (C=O) groups excluding carboxylic acids is 1. The van der Waals surface area contributed by atoms with Gasteiger partial charge in [0.1, 0.15) is 17.2 Å². The molecule has 0 unspecified atom stereocenters. The first-order chi connectivity index (χ1) is 12.5. The summed E-state index contributed by atoms with van der Waals surface area (Å²) in [5, 5.41) is 9.73. The number of halogens is 1. The number of aromatic amines is 2. The van der Waals surface area contributed by atoms with E-state index in [-0.39, 0.29) is 41.3 Å². The molecule has 0 aliphatic rings. The summed E-state index contributed by atoms with van der Waals surface area (Å²) in [6, 6.07) is 10.9. The number of carbonyl (C=O) groups is 1. The van der Waals surface area contributed by atoms with Crippen molar-refractivity contribution in [2.75, 3.05) is 0 Å². The molecular formula is C17H15ClN4O3S. The third-order valence-electron chi connectivity index (χ3n) is 3.62. The first-order valence-electron chi connectivity index (χ1n) is 7.80. The summed E-state index contributed by atoms with van der Waals surface area (Å²) in [6.45, 7) is 0.257. The lowest BCUT2D eigenvalue weighted by molar-refractivity contribution is -0.121. The second kappa shape index (κ2) is 8.11. The van der Waals surface area contributed by atoms with E-state index in [1.54, 1.807) is 18.2 Å². The molecule has 134 valence electrons. The highest BCUT2D eigenvalue weighted by Crippen LogP contribution is 2.23. The molecule has 9 heteroatoms. The second-order valence-electron chi connectivity index (χ2n) is 5.50. The second-order valence-corrected chi connectivity index (χ2v) is 6.35. The molecule has 0 saturated carbocycles. The molecule has 0 bridgehead atoms. The molecule has 2 aromatic heterocycles. The fraction of sp³-hybridized carbons (Fsp3) is 0.176. The van der Waals surface area contributed by atoms with Crippen LogP contribution in [0.2, 0.25) is 5.02 Å². The van der Waals surface area contributed by atoms with E-state index >= 15 is 0 Å². The smallest absolute Gasteiger partial charge is 0.273 e. The van der Waals surface area contributed by atoms with Gasteiger partial charge in [-0.3, -0.25) is 19.7 Å². The molecule has 26 heavy (non-hydrogen) atoms. The van der Waals surface area contributed by atoms with Gasteiger partial charge in [0.25, 0.3) is 5.56 Å². The Balaban J connectivity index is 1.52. The topological polar surface area (TPSA) is 104 Å². The molecule has 0 fully saturated rings. The average Bonchev–Trinajstić information content (AvgIpc) is 3.09. The van der Waals surface area contributed by atoms with E-state index in [4.69, 9.17) is 28.2 Å². The summed E-state index contributed by atoms with van der Waals surface area (Å²) in [6.07, 6.45) is 0.340. The Labute approximate surface area is 158 Å². The van der Waals surface area contributed by atoms with Gasteiger partial charge in [-0.2, -0.15) is 5.10 Å². The van der Waals surface area contributed by atoms with Crippen LogP contribution in [0.1, 0.15) is 17.9 Å². The van der Waals surface area contributed by atoms with Crippen molar-refractivity contribution in [2.45, 2.75) is 19.4 Å². The van der Waals surface area contributed by atoms with Crippen molar-refractivity contribution in [3.63, 3.8) is 0 Å². The molecule has 0 atom stereocenters. The minimum atomic E-state index is -0.389. The molecule has 0 radical (unpaired) electrons. The molecule has 0 saturated heterocycles. The molecule has 1 amide bonds. The summed E-state index contributed by atoms with van der Waals surface area (Å²) < 4.78 is 5.86. The van der Waals surface area contributed by atoms with Crippen molar-refractivity contribution in [2.24, 2.45) is 0 Å². The molecule has 3 aromatic rings. The number of hydrogen-bond donors (Lipinski definition) is 3. The summed E-state index contributed by atoms with van der Waals surface area (Å²) in [5.41, 5.74) is 0.746. The Morgan fingerprint density at radius 1 is 1.23 bits per heavy atom. The summed E-state index contributed by atoms with van der Waals surface area (Å²) in [4.78, 5) is 26.0. The lowest BCUT2D eigenvalue weighted by Gasteiger charge is -2.03. The fourth-order valence-corrected chi connectivity index (χ4v) is 2.55. The Morgan fingerprint density at radius 2 is 2.00 bits per heavy atom. The number of nitrogens with one attached hydrogen (secondary N) is 3. The van der Waals surface area contributed by atoms with Gasteiger partial charge in [-0.1, -0.05) is 11.6 Å². The molecule has 7 nitrogen and oxygen atoms in total. The van der Waals surface area contributed by atoms with Crippen molar-refractivity contribution >= 4 is 29.7 Å².